The summed E-state index contributed by atoms with van der Waals surface area (Å²) in [6.07, 6.45) is 1.92. The Hall–Kier alpha value is -0.830. The molecule has 0 aromatic carbocycles. The molecule has 11 heavy (non-hydrogen) atoms. The minimum Gasteiger partial charge on any atom is -0.461 e. The van der Waals surface area contributed by atoms with E-state index >= 15 is 0 Å². The monoisotopic (exact) mass is 160 g/mol. The summed E-state index contributed by atoms with van der Waals surface area (Å²) in [6.45, 7) is 2.60. The Kier molecular flexibility index (Phi) is 3.11. The van der Waals surface area contributed by atoms with Crippen molar-refractivity contribution in [1.82, 2.24) is 5.32 Å². The molecule has 0 rings (SSSR count). The van der Waals surface area contributed by atoms with Gasteiger partial charge < -0.3 is 10.1 Å². The number of likely N-dealkylation sites (N-methyl/N-ethyl adjacent to an activating group) is 1. The fourth-order valence-corrected chi connectivity index (χ4v) is 0.621. The summed E-state index contributed by atoms with van der Waals surface area (Å²) in [5.74, 6) is -0.574. The lowest BCUT2D eigenvalue weighted by Crippen LogP contribution is -2.24. The molecule has 0 aromatic heterocycles. The van der Waals surface area contributed by atoms with Crippen molar-refractivity contribution in [2.45, 2.75) is 19.4 Å². The van der Waals surface area contributed by atoms with Crippen LogP contribution in [0, 0.1) is 0 Å². The van der Waals surface area contributed by atoms with E-state index in [0.29, 0.717) is 6.42 Å². The molecule has 0 aliphatic carbocycles. The highest BCUT2D eigenvalue weighted by molar-refractivity contribution is 5.71. The highest BCUT2D eigenvalue weighted by Gasteiger charge is 2.05. The Morgan fingerprint density at radius 2 is 2.73 bits per heavy atom. The summed E-state index contributed by atoms with van der Waals surface area (Å²) >= 11 is 0. The van der Waals surface area contributed by atoms with Gasteiger partial charge in [0.15, 0.2) is 0 Å². The second-order valence-electron chi connectivity index (χ2n) is 2.18. The van der Waals surface area contributed by atoms with Gasteiger partial charge in [-0.05, 0) is 13.9 Å². The average molecular weight is 160 g/mol. The van der Waals surface area contributed by atoms with E-state index in [4.69, 9.17) is 8.85 Å². The third-order valence-electron chi connectivity index (χ3n) is 1.06. The smallest absolute Gasteiger partial charge is 0.320 e. The van der Waals surface area contributed by atoms with Crippen molar-refractivity contribution in [2.24, 2.45) is 0 Å². The summed E-state index contributed by atoms with van der Waals surface area (Å²) in [6, 6.07) is 0. The molecule has 0 saturated heterocycles. The van der Waals surface area contributed by atoms with Gasteiger partial charge in [-0.1, -0.05) is 6.08 Å². The maximum atomic E-state index is 11.0. The second kappa shape index (κ2) is 5.92. The molecule has 1 atom stereocenters. The first-order valence-corrected chi connectivity index (χ1v) is 3.40. The first kappa shape index (κ1) is 5.77. The third kappa shape index (κ3) is 5.61. The van der Waals surface area contributed by atoms with Crippen molar-refractivity contribution in [3.8, 4) is 0 Å². The molecule has 0 radical (unpaired) electrons. The Morgan fingerprint density at radius 3 is 3.27 bits per heavy atom. The number of ether oxygens (including phenoxy) is 1. The summed E-state index contributed by atoms with van der Waals surface area (Å²) in [4.78, 5) is 11.0. The van der Waals surface area contributed by atoms with Gasteiger partial charge in [0.2, 0.25) is 0 Å². The molecule has 64 valence electrons. The van der Waals surface area contributed by atoms with Crippen LogP contribution >= 0.6 is 0 Å². The highest BCUT2D eigenvalue weighted by Crippen LogP contribution is 1.97. The predicted octanol–water partition coefficient (Wildman–Crippen LogP) is 0.714. The first-order chi connectivity index (χ1) is 6.35. The van der Waals surface area contributed by atoms with E-state index in [-0.39, 0.29) is 12.6 Å². The van der Waals surface area contributed by atoms with Gasteiger partial charge in [-0.3, -0.25) is 4.79 Å². The van der Waals surface area contributed by atoms with Crippen LogP contribution in [-0.4, -0.2) is 25.6 Å². The van der Waals surface area contributed by atoms with Crippen LogP contribution in [0.1, 0.15) is 17.5 Å². The van der Waals surface area contributed by atoms with Gasteiger partial charge in [-0.25, -0.2) is 0 Å². The van der Waals surface area contributed by atoms with Crippen LogP contribution in [0.4, 0.5) is 0 Å². The predicted molar refractivity (Wildman–Crippen MR) is 44.3 cm³/mol. The normalized spacial score (nSPS) is 17.4. The Bertz CT molecular complexity index is 203. The van der Waals surface area contributed by atoms with Crippen molar-refractivity contribution in [3.05, 3.63) is 12.7 Å². The minimum atomic E-state index is -2.30. The summed E-state index contributed by atoms with van der Waals surface area (Å²) < 4.78 is 25.2. The molecule has 3 nitrogen and oxygen atoms in total. The molecule has 1 unspecified atom stereocenters. The van der Waals surface area contributed by atoms with Gasteiger partial charge in [0.1, 0.15) is 6.10 Å². The standard InChI is InChI=1S/C8H15NO2/c1-4-5-7(2)11-8(10)6-9-3/h4,7,9H,1,5-6H2,2-3H3/i3D3. The largest absolute Gasteiger partial charge is 0.461 e. The summed E-state index contributed by atoms with van der Waals surface area (Å²) in [7, 11) is 0. The summed E-state index contributed by atoms with van der Waals surface area (Å²) in [5.41, 5.74) is 0. The van der Waals surface area contributed by atoms with E-state index in [9.17, 15) is 4.79 Å². The van der Waals surface area contributed by atoms with Crippen molar-refractivity contribution >= 4 is 5.97 Å². The van der Waals surface area contributed by atoms with Crippen molar-refractivity contribution in [3.63, 3.8) is 0 Å². The molecule has 0 amide bonds. The fourth-order valence-electron chi connectivity index (χ4n) is 0.621. The molecular formula is C8H15NO2. The SMILES string of the molecule is [2H]C([2H])([2H])NCC(=O)OC(C)CC=C. The average Bonchev–Trinajstić information content (AvgIpc) is 2.00. The van der Waals surface area contributed by atoms with E-state index in [0.717, 1.165) is 0 Å². The van der Waals surface area contributed by atoms with Gasteiger partial charge in [-0.2, -0.15) is 0 Å². The number of rotatable bonds is 5. The minimum absolute atomic E-state index is 0.265. The van der Waals surface area contributed by atoms with Gasteiger partial charge >= 0.3 is 5.97 Å². The molecule has 0 spiro atoms. The molecule has 0 bridgehead atoms. The molecule has 0 aromatic rings. The van der Waals surface area contributed by atoms with Crippen LogP contribution in [0.2, 0.25) is 0 Å². The zero-order chi connectivity index (χ0) is 11.2. The number of carbonyl (C=O) groups excluding carboxylic acids is 1. The highest BCUT2D eigenvalue weighted by atomic mass is 16.5. The van der Waals surface area contributed by atoms with Gasteiger partial charge in [0, 0.05) is 10.5 Å². The maximum absolute atomic E-state index is 11.0. The van der Waals surface area contributed by atoms with Crippen LogP contribution in [0.5, 0.6) is 0 Å². The van der Waals surface area contributed by atoms with Crippen LogP contribution < -0.4 is 5.32 Å². The maximum Gasteiger partial charge on any atom is 0.320 e. The lowest BCUT2D eigenvalue weighted by Gasteiger charge is -2.10. The molecule has 0 fully saturated rings. The molecule has 0 heterocycles. The van der Waals surface area contributed by atoms with Crippen LogP contribution in [0.3, 0.4) is 0 Å². The number of nitrogens with one attached hydrogen (secondary N) is 1. The van der Waals surface area contributed by atoms with Crippen molar-refractivity contribution in [2.75, 3.05) is 13.5 Å². The Morgan fingerprint density at radius 1 is 2.00 bits per heavy atom. The Labute approximate surface area is 71.6 Å². The lowest BCUT2D eigenvalue weighted by molar-refractivity contribution is -0.146. The van der Waals surface area contributed by atoms with Crippen molar-refractivity contribution < 1.29 is 13.6 Å². The van der Waals surface area contributed by atoms with E-state index in [1.165, 1.54) is 0 Å². The number of carbonyl (C=O) groups is 1. The number of hydrogen-bond donors (Lipinski definition) is 1. The van der Waals surface area contributed by atoms with E-state index in [2.05, 4.69) is 11.9 Å². The molecule has 3 heteroatoms. The summed E-state index contributed by atoms with van der Waals surface area (Å²) in [5, 5.41) is 2.07. The number of hydrogen-bond acceptors (Lipinski definition) is 3. The first-order valence-electron chi connectivity index (χ1n) is 4.90. The topological polar surface area (TPSA) is 38.3 Å². The van der Waals surface area contributed by atoms with E-state index < -0.39 is 12.9 Å². The van der Waals surface area contributed by atoms with Crippen LogP contribution in [0.25, 0.3) is 0 Å². The van der Waals surface area contributed by atoms with Gasteiger partial charge in [0.25, 0.3) is 0 Å². The van der Waals surface area contributed by atoms with Gasteiger partial charge in [-0.15, -0.1) is 6.58 Å². The van der Waals surface area contributed by atoms with Crippen LogP contribution in [-0.2, 0) is 9.53 Å². The Balaban J connectivity index is 3.70. The third-order valence-corrected chi connectivity index (χ3v) is 1.06. The second-order valence-corrected chi connectivity index (χ2v) is 2.18. The van der Waals surface area contributed by atoms with Crippen LogP contribution in [0.15, 0.2) is 12.7 Å². The van der Waals surface area contributed by atoms with E-state index in [1.807, 2.05) is 0 Å². The van der Waals surface area contributed by atoms with Crippen molar-refractivity contribution in [1.29, 1.82) is 0 Å². The number of esters is 1. The fraction of sp³-hybridized carbons (Fsp3) is 0.625. The molecule has 0 aliphatic heterocycles. The molecule has 1 N–H and O–H groups in total. The molecule has 0 saturated carbocycles. The quantitative estimate of drug-likeness (QED) is 0.475. The molecule has 0 aliphatic rings. The molecular weight excluding hydrogens is 142 g/mol. The zero-order valence-corrected chi connectivity index (χ0v) is 6.59. The lowest BCUT2D eigenvalue weighted by atomic mass is 10.3. The van der Waals surface area contributed by atoms with E-state index in [1.54, 1.807) is 13.0 Å². The van der Waals surface area contributed by atoms with Gasteiger partial charge in [0.05, 0.1) is 6.54 Å². The zero-order valence-electron chi connectivity index (χ0n) is 9.59.